The summed E-state index contributed by atoms with van der Waals surface area (Å²) >= 11 is 0. The Balaban J connectivity index is 0.00000278. The highest BCUT2D eigenvalue weighted by molar-refractivity contribution is 5.96. The lowest BCUT2D eigenvalue weighted by atomic mass is 9.65. The Morgan fingerprint density at radius 3 is 2.04 bits per heavy atom. The summed E-state index contributed by atoms with van der Waals surface area (Å²) < 4.78 is 37.4. The van der Waals surface area contributed by atoms with Crippen LogP contribution in [0.3, 0.4) is 0 Å². The number of hydrogen-bond acceptors (Lipinski definition) is 13. The van der Waals surface area contributed by atoms with Crippen molar-refractivity contribution in [2.45, 2.75) is 150 Å². The number of ether oxygens (including phenoxy) is 6. The van der Waals surface area contributed by atoms with Crippen LogP contribution in [0.1, 0.15) is 109 Å². The van der Waals surface area contributed by atoms with Gasteiger partial charge in [-0.2, -0.15) is 0 Å². The summed E-state index contributed by atoms with van der Waals surface area (Å²) in [4.78, 5) is 27.1. The zero-order valence-corrected chi connectivity index (χ0v) is 33.0. The van der Waals surface area contributed by atoms with E-state index in [0.717, 1.165) is 6.54 Å². The molecule has 0 bridgehead atoms. The molecule has 3 rings (SSSR count). The topological polar surface area (TPSA) is 181 Å². The highest BCUT2D eigenvalue weighted by atomic mass is 16.7. The number of oxime groups is 2. The zero-order valence-electron chi connectivity index (χ0n) is 33.0. The number of fused-ring (bicyclic) bond motifs is 1. The molecule has 290 valence electrons. The van der Waals surface area contributed by atoms with Crippen LogP contribution in [-0.4, -0.2) is 95.9 Å². The van der Waals surface area contributed by atoms with Crippen molar-refractivity contribution in [3.8, 4) is 0 Å². The van der Waals surface area contributed by atoms with Crippen LogP contribution in [0.5, 0.6) is 0 Å². The van der Waals surface area contributed by atoms with Crippen molar-refractivity contribution in [2.75, 3.05) is 20.8 Å². The van der Waals surface area contributed by atoms with Crippen molar-refractivity contribution in [2.24, 2.45) is 57.5 Å². The van der Waals surface area contributed by atoms with Gasteiger partial charge in [-0.1, -0.05) is 58.8 Å². The van der Waals surface area contributed by atoms with Crippen LogP contribution in [0.15, 0.2) is 10.3 Å². The Morgan fingerprint density at radius 1 is 0.960 bits per heavy atom. The van der Waals surface area contributed by atoms with Gasteiger partial charge < -0.3 is 44.6 Å². The largest absolute Gasteiger partial charge is 0.458 e. The minimum Gasteiger partial charge on any atom is -0.458 e. The lowest BCUT2D eigenvalue weighted by Gasteiger charge is -2.49. The Morgan fingerprint density at radius 2 is 1.56 bits per heavy atom. The van der Waals surface area contributed by atoms with Crippen LogP contribution in [0, 0.1) is 41.4 Å². The van der Waals surface area contributed by atoms with E-state index in [9.17, 15) is 20.0 Å². The van der Waals surface area contributed by atoms with Gasteiger partial charge >= 0.3 is 11.9 Å². The lowest BCUT2D eigenvalue weighted by Crippen LogP contribution is -2.56. The van der Waals surface area contributed by atoms with Gasteiger partial charge in [0.1, 0.15) is 29.1 Å². The van der Waals surface area contributed by atoms with E-state index in [1.807, 2.05) is 41.5 Å². The number of nitrogens with two attached hydrogens (primary N) is 1. The number of esters is 2. The van der Waals surface area contributed by atoms with Crippen LogP contribution in [-0.2, 0) is 38.0 Å². The molecular formula is C37H67N3O10. The second kappa shape index (κ2) is 17.9. The van der Waals surface area contributed by atoms with Crippen molar-refractivity contribution in [1.82, 2.24) is 0 Å². The molecule has 3 aliphatic rings. The molecule has 0 radical (unpaired) electrons. The molecule has 50 heavy (non-hydrogen) atoms. The van der Waals surface area contributed by atoms with Gasteiger partial charge in [0.2, 0.25) is 0 Å². The predicted molar refractivity (Wildman–Crippen MR) is 190 cm³/mol. The predicted octanol–water partition coefficient (Wildman–Crippen LogP) is 5.81. The summed E-state index contributed by atoms with van der Waals surface area (Å²) in [6.07, 6.45) is -1.60. The van der Waals surface area contributed by atoms with Crippen molar-refractivity contribution in [3.63, 3.8) is 0 Å². The fraction of sp³-hybridized carbons (Fsp3) is 0.892. The molecule has 3 saturated heterocycles. The van der Waals surface area contributed by atoms with Gasteiger partial charge in [-0.15, -0.1) is 0 Å². The first kappa shape index (κ1) is 43.8. The summed E-state index contributed by atoms with van der Waals surface area (Å²) in [5.41, 5.74) is 2.90. The molecule has 0 amide bonds. The molecule has 0 spiro atoms. The average Bonchev–Trinajstić information content (AvgIpc) is 3.36. The van der Waals surface area contributed by atoms with Gasteiger partial charge in [-0.25, -0.2) is 0 Å². The lowest BCUT2D eigenvalue weighted by molar-refractivity contribution is -0.243. The molecule has 13 atom stereocenters. The summed E-state index contributed by atoms with van der Waals surface area (Å²) in [7, 11) is 3.23. The van der Waals surface area contributed by atoms with Crippen molar-refractivity contribution in [1.29, 1.82) is 0 Å². The minimum atomic E-state index is -1.14. The second-order valence-corrected chi connectivity index (χ2v) is 15.5. The van der Waals surface area contributed by atoms with Crippen LogP contribution < -0.4 is 5.73 Å². The number of hydrogen-bond donors (Lipinski definition) is 3. The summed E-state index contributed by atoms with van der Waals surface area (Å²) in [6, 6.07) is 0. The molecule has 3 aliphatic heterocycles. The molecule has 13 heteroatoms. The first-order valence-corrected chi connectivity index (χ1v) is 18.3. The van der Waals surface area contributed by atoms with Gasteiger partial charge in [0.05, 0.1) is 29.8 Å². The van der Waals surface area contributed by atoms with E-state index >= 15 is 0 Å². The minimum absolute atomic E-state index is 0.0902. The molecule has 0 unspecified atom stereocenters. The summed E-state index contributed by atoms with van der Waals surface area (Å²) in [6.45, 7) is 24.1. The number of rotatable bonds is 6. The van der Waals surface area contributed by atoms with E-state index in [4.69, 9.17) is 34.2 Å². The summed E-state index contributed by atoms with van der Waals surface area (Å²) in [5, 5.41) is 27.4. The first-order valence-electron chi connectivity index (χ1n) is 18.3. The van der Waals surface area contributed by atoms with E-state index in [2.05, 4.69) is 38.0 Å². The van der Waals surface area contributed by atoms with Crippen LogP contribution in [0.25, 0.3) is 0 Å². The van der Waals surface area contributed by atoms with E-state index in [1.165, 1.54) is 0 Å². The van der Waals surface area contributed by atoms with Gasteiger partial charge in [-0.3, -0.25) is 9.59 Å². The first-order chi connectivity index (χ1) is 23.3. The highest BCUT2D eigenvalue weighted by Gasteiger charge is 2.57. The monoisotopic (exact) mass is 713 g/mol. The normalized spacial score (nSPS) is 43.4. The van der Waals surface area contributed by atoms with Gasteiger partial charge in [0.15, 0.2) is 6.29 Å². The van der Waals surface area contributed by atoms with Crippen molar-refractivity contribution >= 4 is 23.4 Å². The third-order valence-electron chi connectivity index (χ3n) is 11.7. The third kappa shape index (κ3) is 9.00. The molecular weight excluding hydrogens is 646 g/mol. The number of methoxy groups -OCH3 is 2. The fourth-order valence-corrected chi connectivity index (χ4v) is 9.22. The molecule has 13 nitrogen and oxygen atoms in total. The molecule has 0 aromatic rings. The van der Waals surface area contributed by atoms with Crippen LogP contribution >= 0.6 is 0 Å². The maximum Gasteiger partial charge on any atom is 0.311 e. The van der Waals surface area contributed by atoms with E-state index < -0.39 is 59.2 Å². The Bertz CT molecular complexity index is 1200. The van der Waals surface area contributed by atoms with Crippen LogP contribution in [0.4, 0.5) is 0 Å². The van der Waals surface area contributed by atoms with E-state index in [-0.39, 0.29) is 48.4 Å². The molecule has 0 aromatic heterocycles. The molecule has 4 N–H and O–H groups in total. The maximum absolute atomic E-state index is 14.2. The van der Waals surface area contributed by atoms with Gasteiger partial charge in [0.25, 0.3) is 0 Å². The third-order valence-corrected chi connectivity index (χ3v) is 11.7. The average molecular weight is 714 g/mol. The Labute approximate surface area is 299 Å². The molecule has 0 aliphatic carbocycles. The van der Waals surface area contributed by atoms with Crippen molar-refractivity contribution in [3.05, 3.63) is 0 Å². The number of carbonyl (C=O) groups excluding carboxylic acids is 2. The van der Waals surface area contributed by atoms with Gasteiger partial charge in [-0.05, 0) is 71.8 Å². The Kier molecular flexibility index (Phi) is 15.7. The maximum atomic E-state index is 14.2. The van der Waals surface area contributed by atoms with Gasteiger partial charge in [0, 0.05) is 38.4 Å². The second-order valence-electron chi connectivity index (χ2n) is 15.5. The summed E-state index contributed by atoms with van der Waals surface area (Å²) in [5.74, 6) is -2.90. The molecule has 3 fully saturated rings. The van der Waals surface area contributed by atoms with E-state index in [1.54, 1.807) is 28.1 Å². The van der Waals surface area contributed by atoms with Crippen LogP contribution in [0.2, 0.25) is 0 Å². The van der Waals surface area contributed by atoms with E-state index in [0.29, 0.717) is 24.3 Å². The number of cyclic esters (lactones) is 1. The zero-order chi connectivity index (χ0) is 38.4. The SMILES string of the molecule is CCN.CC[C@H]1OC(=O)[C@H](C)[C@@H](O[C@H]2C[C@@](C)(OC)/C(=N/O)[C@H](C)O2)[C@H](C)[C@@H](C(C)C)[C@](C)(OC)C[C@@H](C)/C(=N\O)[C@H](C)[C@H]2CC(=O)O[C@@]21C. The molecule has 0 saturated carbocycles. The number of nitrogens with zero attached hydrogens (tertiary/aromatic N) is 2. The van der Waals surface area contributed by atoms with Crippen molar-refractivity contribution < 1.29 is 48.4 Å². The standard InChI is InChI=1S/C35H60N2O10.C2H7N/c1-14-25-35(11)24(15-26(38)47-35)20(5)29(36-40)19(4)16-33(9,42-12)28(18(2)3)21(6)30(22(7)32(39)45-25)46-27-17-34(10,43-13)31(37-41)23(8)44-27;1-2-3/h18-25,27-28,30,40-41H,14-17H2,1-13H3;2-3H2,1H3/b36-29+,37-31+;/t19-,20-,21-,22-,23+,24-,25-,27+,28-,30+,33-,34-,35+;/m1./s1. The Hall–Kier alpha value is -2.32. The number of carbonyl (C=O) groups is 2. The fourth-order valence-electron chi connectivity index (χ4n) is 9.22. The highest BCUT2D eigenvalue weighted by Crippen LogP contribution is 2.47. The quantitative estimate of drug-likeness (QED) is 0.172. The molecule has 3 heterocycles. The smallest absolute Gasteiger partial charge is 0.311 e. The molecule has 0 aromatic carbocycles.